The van der Waals surface area contributed by atoms with Gasteiger partial charge in [0.2, 0.25) is 17.8 Å². The van der Waals surface area contributed by atoms with E-state index in [2.05, 4.69) is 30.7 Å². The van der Waals surface area contributed by atoms with Crippen LogP contribution in [0.15, 0.2) is 60.8 Å². The second kappa shape index (κ2) is 10.7. The molecule has 0 aliphatic carbocycles. The Labute approximate surface area is 235 Å². The van der Waals surface area contributed by atoms with E-state index < -0.39 is 5.91 Å². The van der Waals surface area contributed by atoms with Crippen LogP contribution in [0.2, 0.25) is 0 Å². The molecule has 2 amide bonds. The highest BCUT2D eigenvalue weighted by atomic mass is 16.5. The normalized spacial score (nSPS) is 14.0. The third-order valence-electron chi connectivity index (χ3n) is 6.98. The van der Waals surface area contributed by atoms with E-state index in [4.69, 9.17) is 10.5 Å². The first-order valence-corrected chi connectivity index (χ1v) is 13.4. The third kappa shape index (κ3) is 5.07. The van der Waals surface area contributed by atoms with E-state index in [9.17, 15) is 9.59 Å². The van der Waals surface area contributed by atoms with Gasteiger partial charge in [0, 0.05) is 30.4 Å². The number of rotatable bonds is 9. The molecule has 0 bridgehead atoms. The Morgan fingerprint density at radius 1 is 1.12 bits per heavy atom. The summed E-state index contributed by atoms with van der Waals surface area (Å²) in [4.78, 5) is 39.0. The maximum Gasteiger partial charge on any atom is 0.276 e. The maximum absolute atomic E-state index is 13.3. The van der Waals surface area contributed by atoms with Gasteiger partial charge >= 0.3 is 0 Å². The van der Waals surface area contributed by atoms with Gasteiger partial charge in [-0.2, -0.15) is 5.10 Å². The number of hydrogen-bond acceptors (Lipinski definition) is 8. The average Bonchev–Trinajstić information content (AvgIpc) is 3.55. The summed E-state index contributed by atoms with van der Waals surface area (Å²) in [5.41, 5.74) is 10.0. The van der Waals surface area contributed by atoms with Crippen molar-refractivity contribution in [2.45, 2.75) is 32.9 Å². The molecular formula is C29H29N9O3. The molecule has 1 aliphatic rings. The highest BCUT2D eigenvalue weighted by Crippen LogP contribution is 2.38. The van der Waals surface area contributed by atoms with E-state index in [1.807, 2.05) is 54.8 Å². The number of primary amides is 1. The summed E-state index contributed by atoms with van der Waals surface area (Å²) in [6.07, 6.45) is 2.35. The van der Waals surface area contributed by atoms with E-state index in [0.717, 1.165) is 17.0 Å². The number of nitrogens with one attached hydrogen (secondary N) is 2. The van der Waals surface area contributed by atoms with Crippen molar-refractivity contribution in [2.24, 2.45) is 5.73 Å². The minimum atomic E-state index is -0.585. The number of carbonyl (C=O) groups is 2. The van der Waals surface area contributed by atoms with Crippen LogP contribution in [0, 0.1) is 6.92 Å². The summed E-state index contributed by atoms with van der Waals surface area (Å²) in [7, 11) is 0. The molecular weight excluding hydrogens is 522 g/mol. The number of aromatic nitrogens is 6. The molecule has 0 unspecified atom stereocenters. The molecule has 4 heterocycles. The first-order valence-electron chi connectivity index (χ1n) is 13.4. The monoisotopic (exact) mass is 551 g/mol. The molecule has 1 aliphatic heterocycles. The van der Waals surface area contributed by atoms with Crippen LogP contribution in [0.1, 0.15) is 45.9 Å². The molecule has 0 radical (unpaired) electrons. The van der Waals surface area contributed by atoms with Gasteiger partial charge in [0.1, 0.15) is 23.6 Å². The lowest BCUT2D eigenvalue weighted by atomic mass is 10.1. The van der Waals surface area contributed by atoms with Crippen molar-refractivity contribution in [3.63, 3.8) is 0 Å². The number of amides is 2. The highest BCUT2D eigenvalue weighted by molar-refractivity contribution is 6.04. The second-order valence-electron chi connectivity index (χ2n) is 9.76. The predicted molar refractivity (Wildman–Crippen MR) is 154 cm³/mol. The second-order valence-corrected chi connectivity index (χ2v) is 9.76. The van der Waals surface area contributed by atoms with Crippen molar-refractivity contribution in [1.29, 1.82) is 0 Å². The van der Waals surface area contributed by atoms with Crippen LogP contribution in [0.3, 0.4) is 0 Å². The summed E-state index contributed by atoms with van der Waals surface area (Å²) >= 11 is 0. The Morgan fingerprint density at radius 2 is 1.95 bits per heavy atom. The Bertz CT molecular complexity index is 1760. The standard InChI is InChI=1S/C29H29N9O3/c1-3-37-23(13-17(2)36-37)27(40)35-29-34-22-14-19(26(30)39)15-24-25(22)38(29)20(16-41-24)9-11-31-28-32-12-10-21(33-28)18-7-5-4-6-8-18/h4-8,10,12-15,20H,3,9,11,16H2,1-2H3,(H2,30,39)(H,31,32,33)(H,34,35,40)/t20-/m0/s1. The maximum atomic E-state index is 13.3. The van der Waals surface area contributed by atoms with Gasteiger partial charge in [-0.15, -0.1) is 0 Å². The van der Waals surface area contributed by atoms with Crippen LogP contribution in [0.4, 0.5) is 11.9 Å². The molecule has 1 atom stereocenters. The molecule has 0 saturated heterocycles. The van der Waals surface area contributed by atoms with Gasteiger partial charge in [-0.3, -0.25) is 19.6 Å². The Morgan fingerprint density at radius 3 is 2.73 bits per heavy atom. The van der Waals surface area contributed by atoms with E-state index in [0.29, 0.717) is 60.5 Å². The molecule has 12 nitrogen and oxygen atoms in total. The molecule has 12 heteroatoms. The van der Waals surface area contributed by atoms with Crippen molar-refractivity contribution in [3.8, 4) is 17.0 Å². The van der Waals surface area contributed by atoms with E-state index >= 15 is 0 Å². The fourth-order valence-corrected chi connectivity index (χ4v) is 5.06. The minimum Gasteiger partial charge on any atom is -0.489 e. The van der Waals surface area contributed by atoms with Gasteiger partial charge in [0.05, 0.1) is 22.9 Å². The molecule has 0 saturated carbocycles. The zero-order valence-electron chi connectivity index (χ0n) is 22.7. The molecule has 2 aromatic carbocycles. The summed E-state index contributed by atoms with van der Waals surface area (Å²) in [6.45, 7) is 5.16. The molecule has 0 fully saturated rings. The van der Waals surface area contributed by atoms with Crippen LogP contribution in [-0.2, 0) is 6.54 Å². The largest absolute Gasteiger partial charge is 0.489 e. The molecule has 3 aromatic heterocycles. The fraction of sp³-hybridized carbons (Fsp3) is 0.241. The summed E-state index contributed by atoms with van der Waals surface area (Å²) in [6, 6.07) is 16.6. The first-order chi connectivity index (χ1) is 19.9. The molecule has 208 valence electrons. The van der Waals surface area contributed by atoms with E-state index in [-0.39, 0.29) is 17.5 Å². The summed E-state index contributed by atoms with van der Waals surface area (Å²) < 4.78 is 9.67. The topological polar surface area (TPSA) is 155 Å². The number of benzene rings is 2. The quantitative estimate of drug-likeness (QED) is 0.250. The van der Waals surface area contributed by atoms with E-state index in [1.165, 1.54) is 0 Å². The smallest absolute Gasteiger partial charge is 0.276 e. The minimum absolute atomic E-state index is 0.176. The van der Waals surface area contributed by atoms with Crippen molar-refractivity contribution >= 4 is 34.7 Å². The summed E-state index contributed by atoms with van der Waals surface area (Å²) in [5, 5.41) is 10.7. The van der Waals surface area contributed by atoms with Gasteiger partial charge in [-0.25, -0.2) is 15.0 Å². The summed E-state index contributed by atoms with van der Waals surface area (Å²) in [5.74, 6) is 0.442. The van der Waals surface area contributed by atoms with Gasteiger partial charge < -0.3 is 20.4 Å². The van der Waals surface area contributed by atoms with Crippen LogP contribution < -0.4 is 21.1 Å². The molecule has 6 rings (SSSR count). The number of carbonyl (C=O) groups excluding carboxylic acids is 2. The average molecular weight is 552 g/mol. The SMILES string of the molecule is CCn1nc(C)cc1C(=O)Nc1nc2cc(C(N)=O)cc3c2n1[C@@H](CCNc1nccc(-c2ccccc2)n1)CO3. The van der Waals surface area contributed by atoms with Gasteiger partial charge in [-0.05, 0) is 44.5 Å². The van der Waals surface area contributed by atoms with Crippen LogP contribution in [0.25, 0.3) is 22.3 Å². The third-order valence-corrected chi connectivity index (χ3v) is 6.98. The predicted octanol–water partition coefficient (Wildman–Crippen LogP) is 3.81. The van der Waals surface area contributed by atoms with Gasteiger partial charge in [-0.1, -0.05) is 30.3 Å². The molecule has 5 aromatic rings. The van der Waals surface area contributed by atoms with Gasteiger partial charge in [0.25, 0.3) is 5.91 Å². The lowest BCUT2D eigenvalue weighted by molar-refractivity contribution is 0.0995. The highest BCUT2D eigenvalue weighted by Gasteiger charge is 2.29. The number of anilines is 2. The Hall–Kier alpha value is -5.26. The van der Waals surface area contributed by atoms with Crippen LogP contribution >= 0.6 is 0 Å². The number of aryl methyl sites for hydroxylation is 2. The molecule has 0 spiro atoms. The van der Waals surface area contributed by atoms with Crippen LogP contribution in [-0.4, -0.2) is 54.3 Å². The lowest BCUT2D eigenvalue weighted by Crippen LogP contribution is -2.27. The first kappa shape index (κ1) is 26.0. The number of ether oxygens (including phenoxy) is 1. The van der Waals surface area contributed by atoms with E-state index in [1.54, 1.807) is 29.1 Å². The number of hydrogen-bond donors (Lipinski definition) is 3. The van der Waals surface area contributed by atoms with Gasteiger partial charge in [0.15, 0.2) is 0 Å². The molecule has 41 heavy (non-hydrogen) atoms. The number of nitrogens with zero attached hydrogens (tertiary/aromatic N) is 6. The number of nitrogens with two attached hydrogens (primary N) is 1. The zero-order chi connectivity index (χ0) is 28.5. The van der Waals surface area contributed by atoms with Crippen molar-refractivity contribution < 1.29 is 14.3 Å². The van der Waals surface area contributed by atoms with Crippen molar-refractivity contribution in [3.05, 3.63) is 77.7 Å². The van der Waals surface area contributed by atoms with Crippen LogP contribution in [0.5, 0.6) is 5.75 Å². The lowest BCUT2D eigenvalue weighted by Gasteiger charge is -2.27. The zero-order valence-corrected chi connectivity index (χ0v) is 22.7. The molecule has 4 N–H and O–H groups in total. The Balaban J connectivity index is 1.28. The Kier molecular flexibility index (Phi) is 6.79. The fourth-order valence-electron chi connectivity index (χ4n) is 5.06. The number of imidazole rings is 1. The van der Waals surface area contributed by atoms with Crippen molar-refractivity contribution in [2.75, 3.05) is 23.8 Å². The van der Waals surface area contributed by atoms with Crippen molar-refractivity contribution in [1.82, 2.24) is 29.3 Å².